The van der Waals surface area contributed by atoms with E-state index in [4.69, 9.17) is 0 Å². The molecule has 2 aromatic rings. The van der Waals surface area contributed by atoms with Crippen LogP contribution >= 0.6 is 0 Å². The summed E-state index contributed by atoms with van der Waals surface area (Å²) >= 11 is 0. The molecule has 0 unspecified atom stereocenters. The number of hydrogen-bond acceptors (Lipinski definition) is 0. The lowest BCUT2D eigenvalue weighted by molar-refractivity contribution is 0.195. The summed E-state index contributed by atoms with van der Waals surface area (Å²) in [5, 5.41) is 0. The third-order valence-electron chi connectivity index (χ3n) is 5.08. The van der Waals surface area contributed by atoms with E-state index in [2.05, 4.69) is 89.2 Å². The van der Waals surface area contributed by atoms with E-state index in [9.17, 15) is 0 Å². The van der Waals surface area contributed by atoms with E-state index in [1.54, 1.807) is 0 Å². The number of hydrogen-bond donors (Lipinski definition) is 0. The molecule has 0 aliphatic heterocycles. The Bertz CT molecular complexity index is 562. The molecule has 0 radical (unpaired) electrons. The summed E-state index contributed by atoms with van der Waals surface area (Å²) in [6.45, 7) is 11.7. The second-order valence-electron chi connectivity index (χ2n) is 6.98. The molecule has 2 rings (SSSR count). The van der Waals surface area contributed by atoms with Gasteiger partial charge in [-0.15, -0.1) is 0 Å². The smallest absolute Gasteiger partial charge is 0.00493 e. The van der Waals surface area contributed by atoms with E-state index in [1.807, 2.05) is 0 Å². The molecule has 0 fully saturated rings. The lowest BCUT2D eigenvalue weighted by atomic mass is 9.61. The standard InChI is InChI=1S/C20H26/c1-16-11-9-10-12-17(16)15-19(2,3)20(4,5)18-13-7-6-8-14-18/h6-14H,15H2,1-5H3. The van der Waals surface area contributed by atoms with Gasteiger partial charge in [0.1, 0.15) is 0 Å². The Hall–Kier alpha value is -1.56. The van der Waals surface area contributed by atoms with Crippen LogP contribution in [0.4, 0.5) is 0 Å². The highest BCUT2D eigenvalue weighted by molar-refractivity contribution is 5.31. The largest absolute Gasteiger partial charge is 0.0622 e. The molecule has 0 heteroatoms. The van der Waals surface area contributed by atoms with Gasteiger partial charge in [0, 0.05) is 0 Å². The van der Waals surface area contributed by atoms with Crippen LogP contribution in [0.15, 0.2) is 54.6 Å². The molecule has 0 amide bonds. The molecule has 0 nitrogen and oxygen atoms in total. The van der Waals surface area contributed by atoms with Crippen LogP contribution in [-0.4, -0.2) is 0 Å². The molecule has 0 atom stereocenters. The first-order valence-electron chi connectivity index (χ1n) is 7.45. The molecule has 0 aliphatic rings. The maximum absolute atomic E-state index is 2.38. The zero-order valence-electron chi connectivity index (χ0n) is 13.4. The molecular formula is C20H26. The van der Waals surface area contributed by atoms with E-state index in [-0.39, 0.29) is 10.8 Å². The summed E-state index contributed by atoms with van der Waals surface area (Å²) in [5.74, 6) is 0. The van der Waals surface area contributed by atoms with Crippen molar-refractivity contribution in [1.29, 1.82) is 0 Å². The molecule has 0 bridgehead atoms. The fourth-order valence-electron chi connectivity index (χ4n) is 2.75. The normalized spacial score (nSPS) is 12.4. The van der Waals surface area contributed by atoms with E-state index >= 15 is 0 Å². The van der Waals surface area contributed by atoms with E-state index < -0.39 is 0 Å². The van der Waals surface area contributed by atoms with Crippen LogP contribution in [0.25, 0.3) is 0 Å². The first-order chi connectivity index (χ1) is 9.34. The second-order valence-corrected chi connectivity index (χ2v) is 6.98. The molecule has 2 aromatic carbocycles. The monoisotopic (exact) mass is 266 g/mol. The summed E-state index contributed by atoms with van der Waals surface area (Å²) in [6.07, 6.45) is 1.10. The van der Waals surface area contributed by atoms with E-state index in [0.717, 1.165) is 6.42 Å². The topological polar surface area (TPSA) is 0 Å². The molecule has 0 N–H and O–H groups in total. The van der Waals surface area contributed by atoms with Crippen LogP contribution in [0.2, 0.25) is 0 Å². The maximum Gasteiger partial charge on any atom is -0.00493 e. The summed E-state index contributed by atoms with van der Waals surface area (Å²) < 4.78 is 0. The third kappa shape index (κ3) is 2.80. The lowest BCUT2D eigenvalue weighted by Gasteiger charge is -2.43. The molecule has 0 aliphatic carbocycles. The van der Waals surface area contributed by atoms with Gasteiger partial charge in [0.2, 0.25) is 0 Å². The molecule has 0 heterocycles. The zero-order valence-corrected chi connectivity index (χ0v) is 13.4. The van der Waals surface area contributed by atoms with Crippen molar-refractivity contribution in [2.45, 2.75) is 46.5 Å². The maximum atomic E-state index is 2.38. The highest BCUT2D eigenvalue weighted by Crippen LogP contribution is 2.43. The summed E-state index contributed by atoms with van der Waals surface area (Å²) in [7, 11) is 0. The van der Waals surface area contributed by atoms with Crippen molar-refractivity contribution in [1.82, 2.24) is 0 Å². The Balaban J connectivity index is 2.32. The number of rotatable bonds is 4. The van der Waals surface area contributed by atoms with Crippen LogP contribution in [0.1, 0.15) is 44.4 Å². The summed E-state index contributed by atoms with van der Waals surface area (Å²) in [4.78, 5) is 0. The van der Waals surface area contributed by atoms with E-state index in [0.29, 0.717) is 0 Å². The molecule has 0 aromatic heterocycles. The van der Waals surface area contributed by atoms with Crippen molar-refractivity contribution >= 4 is 0 Å². The van der Waals surface area contributed by atoms with Gasteiger partial charge in [0.25, 0.3) is 0 Å². The van der Waals surface area contributed by atoms with Gasteiger partial charge in [-0.05, 0) is 40.9 Å². The van der Waals surface area contributed by atoms with Gasteiger partial charge in [0.05, 0.1) is 0 Å². The molecule has 0 saturated heterocycles. The fraction of sp³-hybridized carbons (Fsp3) is 0.400. The molecular weight excluding hydrogens is 240 g/mol. The van der Waals surface area contributed by atoms with Gasteiger partial charge in [-0.1, -0.05) is 82.3 Å². The van der Waals surface area contributed by atoms with Gasteiger partial charge < -0.3 is 0 Å². The Kier molecular flexibility index (Phi) is 4.04. The van der Waals surface area contributed by atoms with Gasteiger partial charge in [-0.2, -0.15) is 0 Å². The summed E-state index contributed by atoms with van der Waals surface area (Å²) in [5.41, 5.74) is 4.60. The third-order valence-corrected chi connectivity index (χ3v) is 5.08. The van der Waals surface area contributed by atoms with Gasteiger partial charge in [-0.25, -0.2) is 0 Å². The molecule has 106 valence electrons. The first kappa shape index (κ1) is 14.8. The Morgan fingerprint density at radius 2 is 1.30 bits per heavy atom. The Morgan fingerprint density at radius 3 is 1.90 bits per heavy atom. The minimum absolute atomic E-state index is 0.135. The highest BCUT2D eigenvalue weighted by atomic mass is 14.4. The van der Waals surface area contributed by atoms with Gasteiger partial charge in [0.15, 0.2) is 0 Å². The Labute approximate surface area is 123 Å². The second kappa shape index (κ2) is 5.44. The van der Waals surface area contributed by atoms with Crippen molar-refractivity contribution < 1.29 is 0 Å². The SMILES string of the molecule is Cc1ccccc1CC(C)(C)C(C)(C)c1ccccc1. The van der Waals surface area contributed by atoms with Crippen molar-refractivity contribution in [3.05, 3.63) is 71.3 Å². The molecule has 0 spiro atoms. The van der Waals surface area contributed by atoms with Crippen LogP contribution in [0.3, 0.4) is 0 Å². The zero-order chi connectivity index (χ0) is 14.8. The minimum Gasteiger partial charge on any atom is -0.0622 e. The molecule has 0 saturated carbocycles. The van der Waals surface area contributed by atoms with Gasteiger partial charge >= 0.3 is 0 Å². The molecule has 20 heavy (non-hydrogen) atoms. The van der Waals surface area contributed by atoms with Crippen molar-refractivity contribution in [2.75, 3.05) is 0 Å². The Morgan fingerprint density at radius 1 is 0.750 bits per heavy atom. The quantitative estimate of drug-likeness (QED) is 0.681. The summed E-state index contributed by atoms with van der Waals surface area (Å²) in [6, 6.07) is 19.6. The van der Waals surface area contributed by atoms with Crippen LogP contribution in [0, 0.1) is 12.3 Å². The van der Waals surface area contributed by atoms with Crippen LogP contribution in [-0.2, 0) is 11.8 Å². The fourth-order valence-corrected chi connectivity index (χ4v) is 2.75. The lowest BCUT2D eigenvalue weighted by Crippen LogP contribution is -2.38. The predicted octanol–water partition coefficient (Wildman–Crippen LogP) is 5.54. The van der Waals surface area contributed by atoms with Crippen LogP contribution in [0.5, 0.6) is 0 Å². The predicted molar refractivity (Wildman–Crippen MR) is 88.1 cm³/mol. The average molecular weight is 266 g/mol. The van der Waals surface area contributed by atoms with Crippen LogP contribution < -0.4 is 0 Å². The highest BCUT2D eigenvalue weighted by Gasteiger charge is 2.38. The first-order valence-corrected chi connectivity index (χ1v) is 7.45. The number of benzene rings is 2. The number of aryl methyl sites for hydroxylation is 1. The van der Waals surface area contributed by atoms with Crippen molar-refractivity contribution in [3.63, 3.8) is 0 Å². The van der Waals surface area contributed by atoms with Crippen molar-refractivity contribution in [2.24, 2.45) is 5.41 Å². The minimum atomic E-state index is 0.135. The van der Waals surface area contributed by atoms with Gasteiger partial charge in [-0.3, -0.25) is 0 Å². The van der Waals surface area contributed by atoms with E-state index in [1.165, 1.54) is 16.7 Å². The average Bonchev–Trinajstić information content (AvgIpc) is 2.42. The van der Waals surface area contributed by atoms with Crippen molar-refractivity contribution in [3.8, 4) is 0 Å².